The molecule has 0 aliphatic rings. The van der Waals surface area contributed by atoms with Gasteiger partial charge in [-0.15, -0.1) is 0 Å². The zero-order chi connectivity index (χ0) is 14.8. The van der Waals surface area contributed by atoms with Crippen LogP contribution in [0, 0.1) is 10.1 Å². The first-order chi connectivity index (χ1) is 9.38. The lowest BCUT2D eigenvalue weighted by Crippen LogP contribution is -2.10. The third-order valence-corrected chi connectivity index (χ3v) is 3.03. The molecule has 1 heterocycles. The van der Waals surface area contributed by atoms with E-state index in [9.17, 15) is 10.1 Å². The Bertz CT molecular complexity index is 616. The van der Waals surface area contributed by atoms with Crippen LogP contribution in [-0.4, -0.2) is 9.91 Å². The molecule has 5 heteroatoms. The highest BCUT2D eigenvalue weighted by Gasteiger charge is 2.15. The fourth-order valence-electron chi connectivity index (χ4n) is 1.85. The zero-order valence-electron chi connectivity index (χ0n) is 11.8. The SMILES string of the molecule is CC(C)(C)c1ccc(Nc2ccncc2[N+](=O)[O-])cc1. The Balaban J connectivity index is 2.25. The van der Waals surface area contributed by atoms with Crippen LogP contribution in [0.5, 0.6) is 0 Å². The first-order valence-electron chi connectivity index (χ1n) is 6.34. The molecule has 2 aromatic rings. The lowest BCUT2D eigenvalue weighted by atomic mass is 9.87. The first kappa shape index (κ1) is 14.0. The van der Waals surface area contributed by atoms with Crippen molar-refractivity contribution in [2.45, 2.75) is 26.2 Å². The van der Waals surface area contributed by atoms with E-state index in [-0.39, 0.29) is 11.1 Å². The van der Waals surface area contributed by atoms with Gasteiger partial charge in [-0.05, 0) is 29.2 Å². The van der Waals surface area contributed by atoms with Crippen molar-refractivity contribution in [3.8, 4) is 0 Å². The van der Waals surface area contributed by atoms with Gasteiger partial charge in [0.05, 0.1) is 4.92 Å². The Morgan fingerprint density at radius 1 is 1.15 bits per heavy atom. The molecule has 20 heavy (non-hydrogen) atoms. The van der Waals surface area contributed by atoms with Gasteiger partial charge in [-0.1, -0.05) is 32.9 Å². The van der Waals surface area contributed by atoms with Gasteiger partial charge in [0, 0.05) is 11.9 Å². The topological polar surface area (TPSA) is 68.1 Å². The Kier molecular flexibility index (Phi) is 3.70. The highest BCUT2D eigenvalue weighted by atomic mass is 16.6. The van der Waals surface area contributed by atoms with Gasteiger partial charge >= 0.3 is 5.69 Å². The maximum Gasteiger partial charge on any atom is 0.310 e. The summed E-state index contributed by atoms with van der Waals surface area (Å²) in [6, 6.07) is 9.48. The summed E-state index contributed by atoms with van der Waals surface area (Å²) in [4.78, 5) is 14.3. The van der Waals surface area contributed by atoms with Crippen LogP contribution < -0.4 is 5.32 Å². The third kappa shape index (κ3) is 3.12. The minimum Gasteiger partial charge on any atom is -0.350 e. The number of benzene rings is 1. The van der Waals surface area contributed by atoms with Crippen LogP contribution in [0.25, 0.3) is 0 Å². The van der Waals surface area contributed by atoms with Gasteiger partial charge in [0.25, 0.3) is 0 Å². The Labute approximate surface area is 117 Å². The first-order valence-corrected chi connectivity index (χ1v) is 6.34. The molecule has 1 aromatic heterocycles. The van der Waals surface area contributed by atoms with Gasteiger partial charge in [-0.25, -0.2) is 0 Å². The number of nitrogens with zero attached hydrogens (tertiary/aromatic N) is 2. The number of aromatic nitrogens is 1. The molecule has 1 N–H and O–H groups in total. The molecule has 5 nitrogen and oxygen atoms in total. The van der Waals surface area contributed by atoms with E-state index < -0.39 is 4.92 Å². The van der Waals surface area contributed by atoms with Crippen molar-refractivity contribution in [1.29, 1.82) is 0 Å². The van der Waals surface area contributed by atoms with E-state index in [0.717, 1.165) is 5.69 Å². The van der Waals surface area contributed by atoms with Crippen molar-refractivity contribution in [3.63, 3.8) is 0 Å². The highest BCUT2D eigenvalue weighted by molar-refractivity contribution is 5.68. The fourth-order valence-corrected chi connectivity index (χ4v) is 1.85. The number of rotatable bonds is 3. The summed E-state index contributed by atoms with van der Waals surface area (Å²) >= 11 is 0. The molecule has 0 unspecified atom stereocenters. The Hall–Kier alpha value is -2.43. The van der Waals surface area contributed by atoms with Crippen molar-refractivity contribution in [1.82, 2.24) is 4.98 Å². The van der Waals surface area contributed by atoms with Gasteiger partial charge in [0.1, 0.15) is 11.9 Å². The minimum atomic E-state index is -0.446. The normalized spacial score (nSPS) is 11.2. The molecule has 1 aromatic carbocycles. The molecule has 0 amide bonds. The van der Waals surface area contributed by atoms with Crippen LogP contribution in [0.15, 0.2) is 42.7 Å². The standard InChI is InChI=1S/C15H17N3O2/c1-15(2,3)11-4-6-12(7-5-11)17-13-8-9-16-10-14(13)18(19)20/h4-10H,1-3H3,(H,16,17). The highest BCUT2D eigenvalue weighted by Crippen LogP contribution is 2.28. The molecule has 0 saturated heterocycles. The molecule has 104 valence electrons. The Morgan fingerprint density at radius 3 is 2.35 bits per heavy atom. The molecule has 0 aliphatic heterocycles. The van der Waals surface area contributed by atoms with Crippen molar-refractivity contribution < 1.29 is 4.92 Å². The number of nitro groups is 1. The van der Waals surface area contributed by atoms with E-state index in [4.69, 9.17) is 0 Å². The molecule has 0 atom stereocenters. The number of hydrogen-bond acceptors (Lipinski definition) is 4. The molecule has 0 bridgehead atoms. The predicted octanol–water partition coefficient (Wildman–Crippen LogP) is 4.03. The number of hydrogen-bond donors (Lipinski definition) is 1. The maximum absolute atomic E-state index is 10.9. The summed E-state index contributed by atoms with van der Waals surface area (Å²) in [7, 11) is 0. The average molecular weight is 271 g/mol. The predicted molar refractivity (Wildman–Crippen MR) is 79.3 cm³/mol. The molecular weight excluding hydrogens is 254 g/mol. The van der Waals surface area contributed by atoms with Crippen LogP contribution in [-0.2, 0) is 5.41 Å². The van der Waals surface area contributed by atoms with Crippen molar-refractivity contribution in [2.24, 2.45) is 0 Å². The summed E-state index contributed by atoms with van der Waals surface area (Å²) in [6.07, 6.45) is 2.77. The van der Waals surface area contributed by atoms with Crippen LogP contribution >= 0.6 is 0 Å². The smallest absolute Gasteiger partial charge is 0.310 e. The lowest BCUT2D eigenvalue weighted by molar-refractivity contribution is -0.384. The average Bonchev–Trinajstić information content (AvgIpc) is 2.38. The largest absolute Gasteiger partial charge is 0.350 e. The van der Waals surface area contributed by atoms with E-state index in [1.807, 2.05) is 24.3 Å². The lowest BCUT2D eigenvalue weighted by Gasteiger charge is -2.19. The van der Waals surface area contributed by atoms with E-state index in [2.05, 4.69) is 31.1 Å². The maximum atomic E-state index is 10.9. The molecule has 0 saturated carbocycles. The minimum absolute atomic E-state index is 0.0348. The summed E-state index contributed by atoms with van der Waals surface area (Å²) in [5.74, 6) is 0. The molecule has 2 rings (SSSR count). The number of pyridine rings is 1. The second-order valence-corrected chi connectivity index (χ2v) is 5.60. The fraction of sp³-hybridized carbons (Fsp3) is 0.267. The molecule has 0 aliphatic carbocycles. The molecule has 0 radical (unpaired) electrons. The monoisotopic (exact) mass is 271 g/mol. The quantitative estimate of drug-likeness (QED) is 0.676. The van der Waals surface area contributed by atoms with Crippen LogP contribution in [0.3, 0.4) is 0 Å². The Morgan fingerprint density at radius 2 is 1.80 bits per heavy atom. The van der Waals surface area contributed by atoms with Crippen molar-refractivity contribution in [2.75, 3.05) is 5.32 Å². The van der Waals surface area contributed by atoms with Gasteiger partial charge < -0.3 is 5.32 Å². The van der Waals surface area contributed by atoms with E-state index in [0.29, 0.717) is 5.69 Å². The van der Waals surface area contributed by atoms with Crippen LogP contribution in [0.4, 0.5) is 17.1 Å². The number of anilines is 2. The van der Waals surface area contributed by atoms with Crippen molar-refractivity contribution >= 4 is 17.1 Å². The van der Waals surface area contributed by atoms with Gasteiger partial charge in [0.2, 0.25) is 0 Å². The second-order valence-electron chi connectivity index (χ2n) is 5.60. The van der Waals surface area contributed by atoms with E-state index >= 15 is 0 Å². The summed E-state index contributed by atoms with van der Waals surface area (Å²) in [5.41, 5.74) is 2.52. The van der Waals surface area contributed by atoms with Gasteiger partial charge in [-0.3, -0.25) is 15.1 Å². The van der Waals surface area contributed by atoms with Gasteiger partial charge in [0.15, 0.2) is 0 Å². The third-order valence-electron chi connectivity index (χ3n) is 3.03. The van der Waals surface area contributed by atoms with Gasteiger partial charge in [-0.2, -0.15) is 0 Å². The summed E-state index contributed by atoms with van der Waals surface area (Å²) in [5, 5.41) is 14.0. The number of nitrogens with one attached hydrogen (secondary N) is 1. The molecule has 0 spiro atoms. The van der Waals surface area contributed by atoms with E-state index in [1.54, 1.807) is 6.07 Å². The molecule has 0 fully saturated rings. The summed E-state index contributed by atoms with van der Waals surface area (Å²) < 4.78 is 0. The zero-order valence-corrected chi connectivity index (χ0v) is 11.8. The summed E-state index contributed by atoms with van der Waals surface area (Å²) in [6.45, 7) is 6.43. The van der Waals surface area contributed by atoms with Crippen LogP contribution in [0.2, 0.25) is 0 Å². The van der Waals surface area contributed by atoms with Crippen LogP contribution in [0.1, 0.15) is 26.3 Å². The van der Waals surface area contributed by atoms with E-state index in [1.165, 1.54) is 18.0 Å². The van der Waals surface area contributed by atoms with Crippen molar-refractivity contribution in [3.05, 3.63) is 58.4 Å². The molecular formula is C15H17N3O2. The second kappa shape index (κ2) is 5.28.